The molecule has 1 heterocycles. The predicted molar refractivity (Wildman–Crippen MR) is 105 cm³/mol. The summed E-state index contributed by atoms with van der Waals surface area (Å²) >= 11 is 0.494. The molecular weight excluding hydrogens is 368 g/mol. The number of nitrogens with zero attached hydrogens (tertiary/aromatic N) is 2. The van der Waals surface area contributed by atoms with E-state index in [9.17, 15) is 13.6 Å². The normalized spacial score (nSPS) is 18.6. The zero-order valence-electron chi connectivity index (χ0n) is 15.1. The Labute approximate surface area is 162 Å². The van der Waals surface area contributed by atoms with Gasteiger partial charge in [0.2, 0.25) is 5.91 Å². The Morgan fingerprint density at radius 3 is 2.52 bits per heavy atom. The van der Waals surface area contributed by atoms with Gasteiger partial charge in [-0.3, -0.25) is 9.69 Å². The van der Waals surface area contributed by atoms with E-state index in [1.165, 1.54) is 5.56 Å². The first-order chi connectivity index (χ1) is 13.0. The van der Waals surface area contributed by atoms with E-state index in [2.05, 4.69) is 34.3 Å². The van der Waals surface area contributed by atoms with Gasteiger partial charge in [-0.25, -0.2) is 0 Å². The number of carbonyl (C=O) groups is 1. The number of anilines is 1. The maximum atomic E-state index is 12.5. The lowest BCUT2D eigenvalue weighted by Gasteiger charge is -2.39. The number of thioether (sulfide) groups is 1. The maximum absolute atomic E-state index is 12.5. The first-order valence-corrected chi connectivity index (χ1v) is 9.71. The third-order valence-corrected chi connectivity index (χ3v) is 5.31. The summed E-state index contributed by atoms with van der Waals surface area (Å²) < 4.78 is 24.8. The molecule has 1 atom stereocenters. The summed E-state index contributed by atoms with van der Waals surface area (Å²) in [4.78, 5) is 17.4. The fraction of sp³-hybridized carbons (Fsp3) is 0.350. The van der Waals surface area contributed by atoms with Crippen LogP contribution < -0.4 is 5.32 Å². The van der Waals surface area contributed by atoms with E-state index in [0.29, 0.717) is 28.9 Å². The third-order valence-electron chi connectivity index (χ3n) is 4.59. The van der Waals surface area contributed by atoms with Crippen molar-refractivity contribution in [2.75, 3.05) is 38.5 Å². The van der Waals surface area contributed by atoms with E-state index in [4.69, 9.17) is 0 Å². The molecule has 0 aromatic heterocycles. The highest BCUT2D eigenvalue weighted by Gasteiger charge is 2.27. The molecule has 1 aliphatic rings. The fourth-order valence-corrected chi connectivity index (χ4v) is 3.74. The lowest BCUT2D eigenvalue weighted by atomic mass is 10.0. The lowest BCUT2D eigenvalue weighted by molar-refractivity contribution is -0.118. The van der Waals surface area contributed by atoms with Gasteiger partial charge < -0.3 is 10.2 Å². The molecule has 1 aliphatic heterocycles. The van der Waals surface area contributed by atoms with Crippen LogP contribution in [0.5, 0.6) is 0 Å². The Balaban J connectivity index is 1.61. The molecule has 0 spiro atoms. The smallest absolute Gasteiger partial charge is 0.288 e. The number of piperazine rings is 1. The monoisotopic (exact) mass is 391 g/mol. The summed E-state index contributed by atoms with van der Waals surface area (Å²) in [5, 5.41) is 2.86. The van der Waals surface area contributed by atoms with Crippen molar-refractivity contribution in [3.05, 3.63) is 60.2 Å². The SMILES string of the molecule is CN1CCN(CC(=O)Nc2ccc(SC(F)F)cc2)C(c2ccccc2)C1. The van der Waals surface area contributed by atoms with Crippen molar-refractivity contribution in [2.24, 2.45) is 0 Å². The summed E-state index contributed by atoms with van der Waals surface area (Å²) in [6.45, 7) is 2.89. The first-order valence-electron chi connectivity index (χ1n) is 8.83. The highest BCUT2D eigenvalue weighted by atomic mass is 32.2. The van der Waals surface area contributed by atoms with Crippen molar-refractivity contribution < 1.29 is 13.6 Å². The van der Waals surface area contributed by atoms with Crippen LogP contribution in [0.15, 0.2) is 59.5 Å². The molecule has 0 bridgehead atoms. The molecule has 2 aromatic carbocycles. The second-order valence-corrected chi connectivity index (χ2v) is 7.67. The Morgan fingerprint density at radius 1 is 1.15 bits per heavy atom. The van der Waals surface area contributed by atoms with E-state index in [1.807, 2.05) is 18.2 Å². The summed E-state index contributed by atoms with van der Waals surface area (Å²) in [6.07, 6.45) is 0. The molecule has 0 aliphatic carbocycles. The van der Waals surface area contributed by atoms with Gasteiger partial charge in [-0.2, -0.15) is 8.78 Å². The van der Waals surface area contributed by atoms with Crippen LogP contribution in [0.4, 0.5) is 14.5 Å². The summed E-state index contributed by atoms with van der Waals surface area (Å²) in [5.74, 6) is -2.55. The maximum Gasteiger partial charge on any atom is 0.288 e. The standard InChI is InChI=1S/C20H23F2N3OS/c1-24-11-12-25(18(13-24)15-5-3-2-4-6-15)14-19(26)23-16-7-9-17(10-8-16)27-20(21)22/h2-10,18,20H,11-14H2,1H3,(H,23,26). The molecule has 7 heteroatoms. The van der Waals surface area contributed by atoms with Gasteiger partial charge in [-0.1, -0.05) is 42.1 Å². The lowest BCUT2D eigenvalue weighted by Crippen LogP contribution is -2.49. The third kappa shape index (κ3) is 5.76. The first kappa shape index (κ1) is 19.8. The van der Waals surface area contributed by atoms with Gasteiger partial charge in [0.1, 0.15) is 0 Å². The van der Waals surface area contributed by atoms with Crippen molar-refractivity contribution in [1.29, 1.82) is 0 Å². The summed E-state index contributed by atoms with van der Waals surface area (Å²) in [7, 11) is 2.09. The molecule has 144 valence electrons. The molecule has 2 aromatic rings. The van der Waals surface area contributed by atoms with Crippen LogP contribution in [0.3, 0.4) is 0 Å². The van der Waals surface area contributed by atoms with E-state index < -0.39 is 5.76 Å². The Hall–Kier alpha value is -1.96. The quantitative estimate of drug-likeness (QED) is 0.757. The Morgan fingerprint density at radius 2 is 1.85 bits per heavy atom. The van der Waals surface area contributed by atoms with Crippen LogP contribution in [0.1, 0.15) is 11.6 Å². The van der Waals surface area contributed by atoms with Crippen LogP contribution in [-0.4, -0.2) is 54.7 Å². The molecular formula is C20H23F2N3OS. The zero-order chi connectivity index (χ0) is 19.2. The van der Waals surface area contributed by atoms with Crippen LogP contribution >= 0.6 is 11.8 Å². The van der Waals surface area contributed by atoms with E-state index in [-0.39, 0.29) is 11.9 Å². The second kappa shape index (κ2) is 9.30. The Bertz CT molecular complexity index is 743. The number of benzene rings is 2. The molecule has 27 heavy (non-hydrogen) atoms. The largest absolute Gasteiger partial charge is 0.325 e. The molecule has 1 fully saturated rings. The molecule has 3 rings (SSSR count). The number of likely N-dealkylation sites (N-methyl/N-ethyl adjacent to an activating group) is 1. The predicted octanol–water partition coefficient (Wildman–Crippen LogP) is 3.93. The molecule has 1 N–H and O–H groups in total. The van der Waals surface area contributed by atoms with Gasteiger partial charge >= 0.3 is 0 Å². The molecule has 0 saturated carbocycles. The Kier molecular flexibility index (Phi) is 6.82. The molecule has 1 unspecified atom stereocenters. The van der Waals surface area contributed by atoms with Crippen LogP contribution in [0.25, 0.3) is 0 Å². The van der Waals surface area contributed by atoms with Gasteiger partial charge in [0.25, 0.3) is 5.76 Å². The molecule has 4 nitrogen and oxygen atoms in total. The number of halogens is 2. The number of hydrogen-bond acceptors (Lipinski definition) is 4. The fourth-order valence-electron chi connectivity index (χ4n) is 3.24. The van der Waals surface area contributed by atoms with Crippen molar-refractivity contribution in [3.63, 3.8) is 0 Å². The van der Waals surface area contributed by atoms with Gasteiger partial charge in [0.15, 0.2) is 0 Å². The number of carbonyl (C=O) groups excluding carboxylic acids is 1. The number of rotatable bonds is 6. The minimum atomic E-state index is -2.45. The molecule has 1 saturated heterocycles. The number of hydrogen-bond donors (Lipinski definition) is 1. The molecule has 1 amide bonds. The van der Waals surface area contributed by atoms with Crippen molar-refractivity contribution in [2.45, 2.75) is 16.7 Å². The minimum Gasteiger partial charge on any atom is -0.325 e. The van der Waals surface area contributed by atoms with E-state index >= 15 is 0 Å². The number of alkyl halides is 2. The van der Waals surface area contributed by atoms with Crippen LogP contribution in [0.2, 0.25) is 0 Å². The highest BCUT2D eigenvalue weighted by Crippen LogP contribution is 2.27. The summed E-state index contributed by atoms with van der Waals surface area (Å²) in [6, 6.07) is 16.9. The van der Waals surface area contributed by atoms with Gasteiger partial charge in [0, 0.05) is 36.3 Å². The van der Waals surface area contributed by atoms with Crippen molar-refractivity contribution >= 4 is 23.4 Å². The topological polar surface area (TPSA) is 35.6 Å². The average molecular weight is 391 g/mol. The summed E-state index contributed by atoms with van der Waals surface area (Å²) in [5.41, 5.74) is 1.81. The second-order valence-electron chi connectivity index (χ2n) is 6.61. The minimum absolute atomic E-state index is 0.102. The van der Waals surface area contributed by atoms with Crippen LogP contribution in [-0.2, 0) is 4.79 Å². The van der Waals surface area contributed by atoms with Crippen LogP contribution in [0, 0.1) is 0 Å². The van der Waals surface area contributed by atoms with E-state index in [1.54, 1.807) is 24.3 Å². The van der Waals surface area contributed by atoms with Gasteiger partial charge in [-0.15, -0.1) is 0 Å². The van der Waals surface area contributed by atoms with Crippen molar-refractivity contribution in [3.8, 4) is 0 Å². The average Bonchev–Trinajstić information content (AvgIpc) is 2.65. The molecule has 0 radical (unpaired) electrons. The highest BCUT2D eigenvalue weighted by molar-refractivity contribution is 7.99. The van der Waals surface area contributed by atoms with Gasteiger partial charge in [0.05, 0.1) is 6.54 Å². The zero-order valence-corrected chi connectivity index (χ0v) is 16.0. The van der Waals surface area contributed by atoms with E-state index in [0.717, 1.165) is 19.6 Å². The van der Waals surface area contributed by atoms with Gasteiger partial charge in [-0.05, 0) is 36.9 Å². The number of nitrogens with one attached hydrogen (secondary N) is 1. The van der Waals surface area contributed by atoms with Crippen molar-refractivity contribution in [1.82, 2.24) is 9.80 Å². The number of amides is 1.